The number of halogens is 1. The van der Waals surface area contributed by atoms with Crippen molar-refractivity contribution in [2.75, 3.05) is 13.1 Å². The molecule has 0 bridgehead atoms. The van der Waals surface area contributed by atoms with Crippen LogP contribution in [0.5, 0.6) is 17.6 Å². The molecule has 0 aliphatic carbocycles. The third kappa shape index (κ3) is 6.39. The van der Waals surface area contributed by atoms with Gasteiger partial charge in [0.1, 0.15) is 12.4 Å². The van der Waals surface area contributed by atoms with Crippen LogP contribution in [-0.2, 0) is 9.57 Å². The molecule has 3 heterocycles. The minimum absolute atomic E-state index is 0.0474. The molecule has 0 aromatic carbocycles. The van der Waals surface area contributed by atoms with Gasteiger partial charge in [0.05, 0.1) is 11.7 Å². The summed E-state index contributed by atoms with van der Waals surface area (Å²) in [6.45, 7) is 6.50. The molecule has 3 rings (SSSR count). The van der Waals surface area contributed by atoms with Crippen molar-refractivity contribution in [1.29, 1.82) is 0 Å². The largest absolute Gasteiger partial charge is 0.528 e. The van der Waals surface area contributed by atoms with Crippen LogP contribution in [0.4, 0.5) is 4.79 Å². The highest BCUT2D eigenvalue weighted by Crippen LogP contribution is 2.28. The van der Waals surface area contributed by atoms with Crippen LogP contribution in [0.3, 0.4) is 0 Å². The van der Waals surface area contributed by atoms with Crippen molar-refractivity contribution >= 4 is 28.7 Å². The molecule has 10 heteroatoms. The van der Waals surface area contributed by atoms with Crippen LogP contribution in [0.25, 0.3) is 0 Å². The maximum absolute atomic E-state index is 11.6. The zero-order valence-corrected chi connectivity index (χ0v) is 18.7. The fourth-order valence-electron chi connectivity index (χ4n) is 2.68. The Hall–Kier alpha value is -2.21. The summed E-state index contributed by atoms with van der Waals surface area (Å²) in [5.41, 5.74) is 0.701. The first-order valence-corrected chi connectivity index (χ1v) is 10.4. The molecule has 0 atom stereocenters. The van der Waals surface area contributed by atoms with E-state index >= 15 is 0 Å². The van der Waals surface area contributed by atoms with E-state index in [2.05, 4.69) is 37.5 Å². The zero-order valence-electron chi connectivity index (χ0n) is 16.5. The van der Waals surface area contributed by atoms with E-state index in [1.165, 1.54) is 6.33 Å². The summed E-state index contributed by atoms with van der Waals surface area (Å²) in [5, 5.41) is 1.59. The first-order chi connectivity index (χ1) is 13.9. The number of pyridine rings is 1. The van der Waals surface area contributed by atoms with Crippen LogP contribution in [-0.4, -0.2) is 51.5 Å². The van der Waals surface area contributed by atoms with Gasteiger partial charge < -0.3 is 19.0 Å². The zero-order chi connectivity index (χ0) is 20.8. The van der Waals surface area contributed by atoms with Crippen molar-refractivity contribution in [2.24, 2.45) is 0 Å². The lowest BCUT2D eigenvalue weighted by Crippen LogP contribution is -2.40. The SMILES string of the molecule is Cc1c(Oc2ccc(I)cn2)ncnc1OC1CCN(OC(=O)OC(C)C)CC1. The van der Waals surface area contributed by atoms with E-state index in [1.54, 1.807) is 31.2 Å². The summed E-state index contributed by atoms with van der Waals surface area (Å²) in [6.07, 6.45) is 3.56. The number of aromatic nitrogens is 3. The third-order valence-electron chi connectivity index (χ3n) is 4.11. The van der Waals surface area contributed by atoms with Gasteiger partial charge in [-0.1, -0.05) is 0 Å². The molecule has 0 saturated carbocycles. The maximum Gasteiger partial charge on any atom is 0.528 e. The topological polar surface area (TPSA) is 95.9 Å². The van der Waals surface area contributed by atoms with Crippen LogP contribution in [0.2, 0.25) is 0 Å². The lowest BCUT2D eigenvalue weighted by atomic mass is 10.1. The number of rotatable bonds is 6. The van der Waals surface area contributed by atoms with E-state index in [4.69, 9.17) is 19.0 Å². The molecule has 2 aromatic heterocycles. The number of hydrogen-bond acceptors (Lipinski definition) is 9. The molecule has 0 radical (unpaired) electrons. The van der Waals surface area contributed by atoms with Crippen LogP contribution in [0.1, 0.15) is 32.3 Å². The summed E-state index contributed by atoms with van der Waals surface area (Å²) < 4.78 is 17.8. The van der Waals surface area contributed by atoms with Crippen molar-refractivity contribution in [2.45, 2.75) is 45.8 Å². The summed E-state index contributed by atoms with van der Waals surface area (Å²) in [4.78, 5) is 29.4. The Morgan fingerprint density at radius 1 is 1.17 bits per heavy atom. The maximum atomic E-state index is 11.6. The molecule has 0 N–H and O–H groups in total. The summed E-state index contributed by atoms with van der Waals surface area (Å²) in [5.74, 6) is 1.33. The lowest BCUT2D eigenvalue weighted by molar-refractivity contribution is -0.151. The highest BCUT2D eigenvalue weighted by Gasteiger charge is 2.25. The van der Waals surface area contributed by atoms with Crippen LogP contribution in [0.15, 0.2) is 24.7 Å². The van der Waals surface area contributed by atoms with Gasteiger partial charge in [-0.25, -0.2) is 19.7 Å². The molecule has 2 aromatic rings. The van der Waals surface area contributed by atoms with Gasteiger partial charge in [0.25, 0.3) is 0 Å². The van der Waals surface area contributed by atoms with Gasteiger partial charge in [-0.15, -0.1) is 5.06 Å². The number of carbonyl (C=O) groups is 1. The van der Waals surface area contributed by atoms with Crippen molar-refractivity contribution in [3.63, 3.8) is 0 Å². The minimum Gasteiger partial charge on any atom is -0.474 e. The van der Waals surface area contributed by atoms with Gasteiger partial charge in [0, 0.05) is 41.8 Å². The normalized spacial score (nSPS) is 15.2. The van der Waals surface area contributed by atoms with Crippen molar-refractivity contribution in [1.82, 2.24) is 20.0 Å². The Balaban J connectivity index is 1.54. The smallest absolute Gasteiger partial charge is 0.474 e. The molecule has 9 nitrogen and oxygen atoms in total. The Kier molecular flexibility index (Phi) is 7.42. The van der Waals surface area contributed by atoms with Gasteiger partial charge in [0.2, 0.25) is 17.6 Å². The molecular weight excluding hydrogens is 491 g/mol. The Morgan fingerprint density at radius 3 is 2.55 bits per heavy atom. The number of hydrogen-bond donors (Lipinski definition) is 0. The van der Waals surface area contributed by atoms with Crippen LogP contribution >= 0.6 is 22.6 Å². The predicted octanol–water partition coefficient (Wildman–Crippen LogP) is 3.90. The number of carbonyl (C=O) groups excluding carboxylic acids is 1. The van der Waals surface area contributed by atoms with E-state index in [-0.39, 0.29) is 12.2 Å². The van der Waals surface area contributed by atoms with E-state index in [0.717, 1.165) is 3.57 Å². The molecule has 29 heavy (non-hydrogen) atoms. The number of hydroxylamine groups is 2. The molecule has 0 amide bonds. The lowest BCUT2D eigenvalue weighted by Gasteiger charge is -2.30. The molecule has 1 aliphatic rings. The fraction of sp³-hybridized carbons (Fsp3) is 0.474. The summed E-state index contributed by atoms with van der Waals surface area (Å²) >= 11 is 2.18. The second kappa shape index (κ2) is 10.0. The molecule has 1 fully saturated rings. The van der Waals surface area contributed by atoms with E-state index in [0.29, 0.717) is 49.1 Å². The quantitative estimate of drug-likeness (QED) is 0.420. The van der Waals surface area contributed by atoms with Gasteiger partial charge >= 0.3 is 6.16 Å². The molecule has 1 aliphatic heterocycles. The van der Waals surface area contributed by atoms with E-state index in [1.807, 2.05) is 13.0 Å². The average Bonchev–Trinajstić information content (AvgIpc) is 2.67. The highest BCUT2D eigenvalue weighted by atomic mass is 127. The molecular formula is C19H23IN4O5. The van der Waals surface area contributed by atoms with Gasteiger partial charge in [0.15, 0.2) is 0 Å². The third-order valence-corrected chi connectivity index (χ3v) is 4.75. The van der Waals surface area contributed by atoms with Crippen molar-refractivity contribution in [3.05, 3.63) is 33.8 Å². The van der Waals surface area contributed by atoms with E-state index in [9.17, 15) is 4.79 Å². The summed E-state index contributed by atoms with van der Waals surface area (Å²) in [7, 11) is 0. The van der Waals surface area contributed by atoms with Gasteiger partial charge in [-0.2, -0.15) is 0 Å². The minimum atomic E-state index is -0.683. The average molecular weight is 514 g/mol. The second-order valence-corrected chi connectivity index (χ2v) is 8.03. The number of nitrogens with zero attached hydrogens (tertiary/aromatic N) is 4. The van der Waals surface area contributed by atoms with Gasteiger partial charge in [-0.3, -0.25) is 0 Å². The number of ether oxygens (including phenoxy) is 3. The number of piperidine rings is 1. The Bertz CT molecular complexity index is 826. The van der Waals surface area contributed by atoms with E-state index < -0.39 is 6.16 Å². The molecule has 0 spiro atoms. The van der Waals surface area contributed by atoms with Crippen molar-refractivity contribution in [3.8, 4) is 17.6 Å². The highest BCUT2D eigenvalue weighted by molar-refractivity contribution is 14.1. The standard InChI is InChI=1S/C19H23IN4O5/c1-12(2)26-19(25)29-24-8-6-15(7-9-24)27-17-13(3)18(23-11-22-17)28-16-5-4-14(20)10-21-16/h4-5,10-12,15H,6-9H2,1-3H3. The summed E-state index contributed by atoms with van der Waals surface area (Å²) in [6, 6.07) is 3.69. The first kappa shape index (κ1) is 21.5. The monoisotopic (exact) mass is 514 g/mol. The predicted molar refractivity (Wildman–Crippen MR) is 112 cm³/mol. The molecule has 156 valence electrons. The van der Waals surface area contributed by atoms with Gasteiger partial charge in [-0.05, 0) is 49.4 Å². The Morgan fingerprint density at radius 2 is 1.90 bits per heavy atom. The van der Waals surface area contributed by atoms with Crippen LogP contribution < -0.4 is 9.47 Å². The van der Waals surface area contributed by atoms with Crippen molar-refractivity contribution < 1.29 is 23.8 Å². The Labute approximate surface area is 182 Å². The second-order valence-electron chi connectivity index (χ2n) is 6.78. The van der Waals surface area contributed by atoms with Crippen LogP contribution in [0, 0.1) is 10.5 Å². The molecule has 0 unspecified atom stereocenters. The fourth-order valence-corrected chi connectivity index (χ4v) is 3.00. The first-order valence-electron chi connectivity index (χ1n) is 9.32. The molecule has 1 saturated heterocycles.